The van der Waals surface area contributed by atoms with E-state index in [-0.39, 0.29) is 0 Å². The Hall–Kier alpha value is -1.31. The van der Waals surface area contributed by atoms with Crippen LogP contribution in [0, 0.1) is 0 Å². The third-order valence-electron chi connectivity index (χ3n) is 1.55. The number of pyridine rings is 1. The van der Waals surface area contributed by atoms with Crippen molar-refractivity contribution < 1.29 is 0 Å². The fourth-order valence-corrected chi connectivity index (χ4v) is 1.05. The van der Waals surface area contributed by atoms with Crippen LogP contribution < -0.4 is 15.9 Å². The molecule has 0 radical (unpaired) electrons. The second-order valence-electron chi connectivity index (χ2n) is 2.23. The molecule has 1 aromatic heterocycles. The summed E-state index contributed by atoms with van der Waals surface area (Å²) in [6.45, 7) is 0.915. The highest BCUT2D eigenvalue weighted by molar-refractivity contribution is 5.34. The molecule has 1 aliphatic rings. The van der Waals surface area contributed by atoms with E-state index in [0.717, 1.165) is 11.9 Å². The zero-order valence-electron chi connectivity index (χ0n) is 5.54. The minimum absolute atomic E-state index is 0.915. The molecule has 10 heavy (non-hydrogen) atoms. The number of rotatable bonds is 0. The van der Waals surface area contributed by atoms with E-state index >= 15 is 0 Å². The van der Waals surface area contributed by atoms with E-state index in [0.29, 0.717) is 0 Å². The van der Waals surface area contributed by atoms with Gasteiger partial charge < -0.3 is 5.32 Å². The smallest absolute Gasteiger partial charge is 0.0855 e. The third-order valence-corrected chi connectivity index (χ3v) is 1.55. The van der Waals surface area contributed by atoms with Crippen LogP contribution >= 0.6 is 0 Å². The summed E-state index contributed by atoms with van der Waals surface area (Å²) in [4.78, 5) is 4.17. The van der Waals surface area contributed by atoms with Gasteiger partial charge in [-0.3, -0.25) is 4.98 Å². The fourth-order valence-electron chi connectivity index (χ4n) is 1.05. The Morgan fingerprint density at radius 1 is 1.50 bits per heavy atom. The van der Waals surface area contributed by atoms with E-state index in [4.69, 9.17) is 0 Å². The SMILES string of the molecule is C1=c2cccnc2=CNC1. The van der Waals surface area contributed by atoms with Crippen LogP contribution in [0.3, 0.4) is 0 Å². The van der Waals surface area contributed by atoms with E-state index in [1.54, 1.807) is 6.20 Å². The normalized spacial score (nSPS) is 14.0. The van der Waals surface area contributed by atoms with Gasteiger partial charge in [-0.05, 0) is 11.3 Å². The molecule has 0 amide bonds. The molecule has 1 aliphatic heterocycles. The van der Waals surface area contributed by atoms with Gasteiger partial charge >= 0.3 is 0 Å². The molecule has 1 N–H and O–H groups in total. The molecule has 0 fully saturated rings. The van der Waals surface area contributed by atoms with E-state index in [9.17, 15) is 0 Å². The quantitative estimate of drug-likeness (QED) is 0.500. The van der Waals surface area contributed by atoms with Crippen molar-refractivity contribution in [2.45, 2.75) is 0 Å². The minimum Gasteiger partial charge on any atom is -0.386 e. The second-order valence-corrected chi connectivity index (χ2v) is 2.23. The Balaban J connectivity index is 2.84. The minimum atomic E-state index is 0.915. The summed E-state index contributed by atoms with van der Waals surface area (Å²) < 4.78 is 0. The van der Waals surface area contributed by atoms with Crippen molar-refractivity contribution in [2.24, 2.45) is 0 Å². The highest BCUT2D eigenvalue weighted by Gasteiger charge is 1.88. The van der Waals surface area contributed by atoms with Gasteiger partial charge in [-0.25, -0.2) is 0 Å². The zero-order chi connectivity index (χ0) is 6.81. The molecule has 0 atom stereocenters. The van der Waals surface area contributed by atoms with Gasteiger partial charge in [0.2, 0.25) is 0 Å². The van der Waals surface area contributed by atoms with Gasteiger partial charge in [-0.1, -0.05) is 12.1 Å². The molecular formula is C8H8N2. The number of fused-ring (bicyclic) bond motifs is 1. The first-order valence-electron chi connectivity index (χ1n) is 3.31. The first-order valence-corrected chi connectivity index (χ1v) is 3.31. The molecule has 50 valence electrons. The molecule has 2 nitrogen and oxygen atoms in total. The lowest BCUT2D eigenvalue weighted by atomic mass is 10.3. The van der Waals surface area contributed by atoms with Crippen LogP contribution in [0.1, 0.15) is 0 Å². The van der Waals surface area contributed by atoms with Crippen LogP contribution in [0.5, 0.6) is 0 Å². The lowest BCUT2D eigenvalue weighted by molar-refractivity contribution is 1.03. The van der Waals surface area contributed by atoms with Crippen molar-refractivity contribution in [1.29, 1.82) is 0 Å². The molecular weight excluding hydrogens is 124 g/mol. The Bertz CT molecular complexity index is 306. The summed E-state index contributed by atoms with van der Waals surface area (Å²) in [5.41, 5.74) is 0. The Kier molecular flexibility index (Phi) is 1.17. The van der Waals surface area contributed by atoms with Crippen molar-refractivity contribution >= 4 is 12.3 Å². The molecule has 2 heterocycles. The predicted molar refractivity (Wildman–Crippen MR) is 40.4 cm³/mol. The summed E-state index contributed by atoms with van der Waals surface area (Å²) in [5.74, 6) is 0. The molecule has 2 heteroatoms. The lowest BCUT2D eigenvalue weighted by Crippen LogP contribution is -2.34. The summed E-state index contributed by atoms with van der Waals surface area (Å²) >= 11 is 0. The second kappa shape index (κ2) is 2.14. The molecule has 2 rings (SSSR count). The van der Waals surface area contributed by atoms with Crippen LogP contribution in [0.25, 0.3) is 12.3 Å². The van der Waals surface area contributed by atoms with E-state index in [1.807, 2.05) is 12.3 Å². The van der Waals surface area contributed by atoms with Crippen molar-refractivity contribution in [1.82, 2.24) is 10.3 Å². The maximum atomic E-state index is 4.17. The van der Waals surface area contributed by atoms with Crippen LogP contribution in [0.4, 0.5) is 0 Å². The largest absolute Gasteiger partial charge is 0.386 e. The molecule has 0 bridgehead atoms. The van der Waals surface area contributed by atoms with Gasteiger partial charge in [0.15, 0.2) is 0 Å². The van der Waals surface area contributed by atoms with Gasteiger partial charge in [0.25, 0.3) is 0 Å². The standard InChI is InChI=1S/C8H8N2/c1-2-7-3-5-9-6-8(7)10-4-1/h1-4,6,9H,5H2. The van der Waals surface area contributed by atoms with E-state index in [1.165, 1.54) is 5.22 Å². The Morgan fingerprint density at radius 2 is 2.50 bits per heavy atom. The topological polar surface area (TPSA) is 24.9 Å². The van der Waals surface area contributed by atoms with Crippen LogP contribution in [-0.4, -0.2) is 11.5 Å². The summed E-state index contributed by atoms with van der Waals surface area (Å²) in [6, 6.07) is 4.02. The van der Waals surface area contributed by atoms with E-state index < -0.39 is 0 Å². The number of hydrogen-bond acceptors (Lipinski definition) is 2. The summed E-state index contributed by atoms with van der Waals surface area (Å²) in [7, 11) is 0. The molecule has 0 aromatic carbocycles. The molecule has 0 unspecified atom stereocenters. The number of aromatic nitrogens is 1. The number of nitrogens with one attached hydrogen (secondary N) is 1. The molecule has 0 spiro atoms. The highest BCUT2D eigenvalue weighted by atomic mass is 14.8. The number of hydrogen-bond donors (Lipinski definition) is 1. The summed E-state index contributed by atoms with van der Waals surface area (Å²) in [5, 5.41) is 5.36. The molecule has 0 saturated heterocycles. The maximum absolute atomic E-state index is 4.17. The first kappa shape index (κ1) is 5.47. The number of nitrogens with zero attached hydrogens (tertiary/aromatic N) is 1. The fraction of sp³-hybridized carbons (Fsp3) is 0.125. The lowest BCUT2D eigenvalue weighted by Gasteiger charge is -1.99. The van der Waals surface area contributed by atoms with Crippen molar-refractivity contribution in [2.75, 3.05) is 6.54 Å². The van der Waals surface area contributed by atoms with Gasteiger partial charge in [0, 0.05) is 18.9 Å². The van der Waals surface area contributed by atoms with Crippen molar-refractivity contribution in [3.63, 3.8) is 0 Å². The van der Waals surface area contributed by atoms with Crippen LogP contribution in [0.2, 0.25) is 0 Å². The first-order chi connectivity index (χ1) is 4.97. The molecule has 1 aromatic rings. The Morgan fingerprint density at radius 3 is 3.40 bits per heavy atom. The molecule has 0 aliphatic carbocycles. The average molecular weight is 132 g/mol. The van der Waals surface area contributed by atoms with Crippen molar-refractivity contribution in [3.05, 3.63) is 28.9 Å². The monoisotopic (exact) mass is 132 g/mol. The molecule has 0 saturated carbocycles. The average Bonchev–Trinajstić information content (AvgIpc) is 2.05. The zero-order valence-corrected chi connectivity index (χ0v) is 5.54. The Labute approximate surface area is 58.9 Å². The van der Waals surface area contributed by atoms with Gasteiger partial charge in [-0.15, -0.1) is 0 Å². The van der Waals surface area contributed by atoms with Gasteiger partial charge in [0.05, 0.1) is 5.35 Å². The predicted octanol–water partition coefficient (Wildman–Crippen LogP) is -0.797. The van der Waals surface area contributed by atoms with Gasteiger partial charge in [0.1, 0.15) is 0 Å². The third kappa shape index (κ3) is 0.778. The van der Waals surface area contributed by atoms with Crippen molar-refractivity contribution in [3.8, 4) is 0 Å². The van der Waals surface area contributed by atoms with Crippen LogP contribution in [0.15, 0.2) is 18.3 Å². The van der Waals surface area contributed by atoms with Gasteiger partial charge in [-0.2, -0.15) is 0 Å². The van der Waals surface area contributed by atoms with Crippen LogP contribution in [-0.2, 0) is 0 Å². The maximum Gasteiger partial charge on any atom is 0.0855 e. The highest BCUT2D eigenvalue weighted by Crippen LogP contribution is 1.71. The van der Waals surface area contributed by atoms with E-state index in [2.05, 4.69) is 22.4 Å². The summed E-state index contributed by atoms with van der Waals surface area (Å²) in [6.07, 6.45) is 5.87.